The zero-order valence-electron chi connectivity index (χ0n) is 10.1. The lowest BCUT2D eigenvalue weighted by atomic mass is 9.96. The first-order valence-corrected chi connectivity index (χ1v) is 5.97. The van der Waals surface area contributed by atoms with Gasteiger partial charge in [0.15, 0.2) is 0 Å². The van der Waals surface area contributed by atoms with E-state index in [1.165, 1.54) is 0 Å². The molecule has 0 radical (unpaired) electrons. The minimum atomic E-state index is -0.827. The van der Waals surface area contributed by atoms with E-state index < -0.39 is 11.9 Å². The van der Waals surface area contributed by atoms with Gasteiger partial charge >= 0.3 is 6.03 Å². The maximum absolute atomic E-state index is 12.2. The van der Waals surface area contributed by atoms with Crippen molar-refractivity contribution < 1.29 is 9.59 Å². The van der Waals surface area contributed by atoms with Crippen LogP contribution in [0.15, 0.2) is 48.5 Å². The van der Waals surface area contributed by atoms with Crippen molar-refractivity contribution >= 4 is 11.9 Å². The second-order valence-electron chi connectivity index (χ2n) is 4.46. The Morgan fingerprint density at radius 3 is 1.84 bits per heavy atom. The SMILES string of the molecule is NC(=O)NC(=O)C1c2ccccc2-c2ccccc21. The number of carbonyl (C=O) groups is 2. The number of fused-ring (bicyclic) bond motifs is 3. The summed E-state index contributed by atoms with van der Waals surface area (Å²) in [4.78, 5) is 23.0. The molecule has 3 rings (SSSR count). The Labute approximate surface area is 110 Å². The summed E-state index contributed by atoms with van der Waals surface area (Å²) in [6, 6.07) is 14.6. The van der Waals surface area contributed by atoms with Gasteiger partial charge in [-0.05, 0) is 22.3 Å². The predicted octanol–water partition coefficient (Wildman–Crippen LogP) is 1.99. The van der Waals surface area contributed by atoms with E-state index in [4.69, 9.17) is 5.73 Å². The largest absolute Gasteiger partial charge is 0.351 e. The van der Waals surface area contributed by atoms with Crippen molar-refractivity contribution in [3.05, 3.63) is 59.7 Å². The van der Waals surface area contributed by atoms with Gasteiger partial charge in [0, 0.05) is 0 Å². The van der Waals surface area contributed by atoms with Crippen molar-refractivity contribution in [3.8, 4) is 11.1 Å². The number of imide groups is 1. The fourth-order valence-electron chi connectivity index (χ4n) is 2.63. The van der Waals surface area contributed by atoms with Crippen LogP contribution in [0.4, 0.5) is 4.79 Å². The van der Waals surface area contributed by atoms with Crippen LogP contribution in [0.25, 0.3) is 11.1 Å². The molecular formula is C15H12N2O2. The molecule has 0 aliphatic heterocycles. The van der Waals surface area contributed by atoms with E-state index >= 15 is 0 Å². The molecule has 0 saturated heterocycles. The monoisotopic (exact) mass is 252 g/mol. The quantitative estimate of drug-likeness (QED) is 0.814. The first-order chi connectivity index (χ1) is 9.18. The van der Waals surface area contributed by atoms with Gasteiger partial charge in [-0.3, -0.25) is 10.1 Å². The molecule has 3 N–H and O–H groups in total. The summed E-state index contributed by atoms with van der Waals surface area (Å²) in [6.45, 7) is 0. The fraction of sp³-hybridized carbons (Fsp3) is 0.0667. The lowest BCUT2D eigenvalue weighted by molar-refractivity contribution is -0.120. The van der Waals surface area contributed by atoms with E-state index in [1.54, 1.807) is 0 Å². The number of rotatable bonds is 1. The van der Waals surface area contributed by atoms with Gasteiger partial charge in [-0.1, -0.05) is 48.5 Å². The van der Waals surface area contributed by atoms with Crippen molar-refractivity contribution in [1.29, 1.82) is 0 Å². The number of urea groups is 1. The fourth-order valence-corrected chi connectivity index (χ4v) is 2.63. The summed E-state index contributed by atoms with van der Waals surface area (Å²) in [5.74, 6) is -0.857. The molecule has 3 amide bonds. The average molecular weight is 252 g/mol. The van der Waals surface area contributed by atoms with Gasteiger partial charge in [0.05, 0.1) is 5.92 Å². The molecule has 0 saturated carbocycles. The lowest BCUT2D eigenvalue weighted by Crippen LogP contribution is -2.38. The molecule has 1 aliphatic rings. The Morgan fingerprint density at radius 1 is 0.895 bits per heavy atom. The molecule has 0 fully saturated rings. The zero-order valence-corrected chi connectivity index (χ0v) is 10.1. The van der Waals surface area contributed by atoms with Crippen LogP contribution in [0.3, 0.4) is 0 Å². The van der Waals surface area contributed by atoms with E-state index in [2.05, 4.69) is 5.32 Å². The third-order valence-electron chi connectivity index (χ3n) is 3.34. The van der Waals surface area contributed by atoms with Crippen molar-refractivity contribution in [2.45, 2.75) is 5.92 Å². The van der Waals surface area contributed by atoms with Crippen molar-refractivity contribution in [3.63, 3.8) is 0 Å². The summed E-state index contributed by atoms with van der Waals surface area (Å²) in [7, 11) is 0. The molecule has 19 heavy (non-hydrogen) atoms. The smallest absolute Gasteiger partial charge is 0.318 e. The third kappa shape index (κ3) is 1.78. The lowest BCUT2D eigenvalue weighted by Gasteiger charge is -2.11. The molecule has 0 heterocycles. The summed E-state index contributed by atoms with van der Waals surface area (Å²) in [5, 5.41) is 2.17. The van der Waals surface area contributed by atoms with Gasteiger partial charge in [-0.15, -0.1) is 0 Å². The predicted molar refractivity (Wildman–Crippen MR) is 71.4 cm³/mol. The number of nitrogens with two attached hydrogens (primary N) is 1. The summed E-state index contributed by atoms with van der Waals surface area (Å²) < 4.78 is 0. The molecule has 0 spiro atoms. The molecule has 0 bridgehead atoms. The van der Waals surface area contributed by atoms with Crippen molar-refractivity contribution in [1.82, 2.24) is 5.32 Å². The highest BCUT2D eigenvalue weighted by Gasteiger charge is 2.33. The van der Waals surface area contributed by atoms with Gasteiger partial charge in [-0.25, -0.2) is 4.79 Å². The maximum atomic E-state index is 12.2. The Morgan fingerprint density at radius 2 is 1.37 bits per heavy atom. The Balaban J connectivity index is 2.15. The van der Waals surface area contributed by atoms with Gasteiger partial charge < -0.3 is 5.73 Å². The van der Waals surface area contributed by atoms with Gasteiger partial charge in [-0.2, -0.15) is 0 Å². The second-order valence-corrected chi connectivity index (χ2v) is 4.46. The number of nitrogens with one attached hydrogen (secondary N) is 1. The van der Waals surface area contributed by atoms with Crippen molar-refractivity contribution in [2.75, 3.05) is 0 Å². The summed E-state index contributed by atoms with van der Waals surface area (Å²) in [5.41, 5.74) is 8.90. The number of hydrogen-bond donors (Lipinski definition) is 2. The van der Waals surface area contributed by atoms with Crippen LogP contribution in [-0.2, 0) is 4.79 Å². The Hall–Kier alpha value is -2.62. The van der Waals surface area contributed by atoms with E-state index in [0.717, 1.165) is 22.3 Å². The highest BCUT2D eigenvalue weighted by molar-refractivity contribution is 6.02. The topological polar surface area (TPSA) is 72.2 Å². The van der Waals surface area contributed by atoms with Crippen LogP contribution in [0, 0.1) is 0 Å². The van der Waals surface area contributed by atoms with E-state index in [0.29, 0.717) is 0 Å². The Bertz CT molecular complexity index is 634. The van der Waals surface area contributed by atoms with Crippen LogP contribution in [0.5, 0.6) is 0 Å². The van der Waals surface area contributed by atoms with Crippen LogP contribution in [0.2, 0.25) is 0 Å². The zero-order chi connectivity index (χ0) is 13.4. The standard InChI is InChI=1S/C15H12N2O2/c16-15(19)17-14(18)13-11-7-3-1-5-9(11)10-6-2-4-8-12(10)13/h1-8,13H,(H3,16,17,18,19). The van der Waals surface area contributed by atoms with Crippen LogP contribution < -0.4 is 11.1 Å². The molecule has 4 heteroatoms. The molecule has 0 atom stereocenters. The number of benzene rings is 2. The average Bonchev–Trinajstić information content (AvgIpc) is 2.72. The van der Waals surface area contributed by atoms with Crippen LogP contribution >= 0.6 is 0 Å². The number of carbonyl (C=O) groups excluding carboxylic acids is 2. The number of amides is 3. The molecule has 94 valence electrons. The first kappa shape index (κ1) is 11.5. The van der Waals surface area contributed by atoms with Gasteiger partial charge in [0.25, 0.3) is 0 Å². The summed E-state index contributed by atoms with van der Waals surface area (Å²) >= 11 is 0. The Kier molecular flexibility index (Phi) is 2.56. The molecule has 0 aromatic heterocycles. The number of hydrogen-bond acceptors (Lipinski definition) is 2. The minimum absolute atomic E-state index is 0.384. The molecule has 1 aliphatic carbocycles. The highest BCUT2D eigenvalue weighted by Crippen LogP contribution is 2.44. The minimum Gasteiger partial charge on any atom is -0.351 e. The van der Waals surface area contributed by atoms with E-state index in [-0.39, 0.29) is 5.91 Å². The van der Waals surface area contributed by atoms with Gasteiger partial charge in [0.2, 0.25) is 5.91 Å². The first-order valence-electron chi connectivity index (χ1n) is 5.97. The highest BCUT2D eigenvalue weighted by atomic mass is 16.2. The molecular weight excluding hydrogens is 240 g/mol. The molecule has 4 nitrogen and oxygen atoms in total. The maximum Gasteiger partial charge on any atom is 0.318 e. The molecule has 0 unspecified atom stereocenters. The normalized spacial score (nSPS) is 12.6. The third-order valence-corrected chi connectivity index (χ3v) is 3.34. The number of primary amides is 1. The van der Waals surface area contributed by atoms with Crippen LogP contribution in [-0.4, -0.2) is 11.9 Å². The van der Waals surface area contributed by atoms with E-state index in [1.807, 2.05) is 48.5 Å². The van der Waals surface area contributed by atoms with E-state index in [9.17, 15) is 9.59 Å². The van der Waals surface area contributed by atoms with Crippen molar-refractivity contribution in [2.24, 2.45) is 5.73 Å². The molecule has 2 aromatic rings. The second kappa shape index (κ2) is 4.24. The van der Waals surface area contributed by atoms with Gasteiger partial charge in [0.1, 0.15) is 0 Å². The summed E-state index contributed by atoms with van der Waals surface area (Å²) in [6.07, 6.45) is 0. The molecule has 2 aromatic carbocycles. The van der Waals surface area contributed by atoms with Crippen LogP contribution in [0.1, 0.15) is 17.0 Å².